The first kappa shape index (κ1) is 16.6. The van der Waals surface area contributed by atoms with E-state index in [1.54, 1.807) is 0 Å². The molecule has 3 aliphatic rings. The highest BCUT2D eigenvalue weighted by molar-refractivity contribution is 5.92. The van der Waals surface area contributed by atoms with Crippen LogP contribution in [0.4, 0.5) is 10.5 Å². The number of hydrogen-bond acceptors (Lipinski definition) is 3. The minimum atomic E-state index is 0.000818. The summed E-state index contributed by atoms with van der Waals surface area (Å²) in [6, 6.07) is 6.05. The number of anilines is 1. The zero-order chi connectivity index (χ0) is 17.1. The van der Waals surface area contributed by atoms with E-state index in [-0.39, 0.29) is 6.03 Å². The number of rotatable bonds is 3. The molecule has 1 atom stereocenters. The standard InChI is InChI=1S/C20H28N2O3/c23-20(21-17-9-4-10-18-19(17)25-13-12-24-18)22-11-5-8-16(22)14-15-6-2-1-3-7-15/h4,9-10,15-16H,1-3,5-8,11-14H2,(H,21,23)/t16-/m0/s1. The van der Waals surface area contributed by atoms with Gasteiger partial charge in [0.2, 0.25) is 0 Å². The molecule has 25 heavy (non-hydrogen) atoms. The number of para-hydroxylation sites is 1. The Labute approximate surface area is 149 Å². The van der Waals surface area contributed by atoms with Crippen LogP contribution in [0, 0.1) is 5.92 Å². The summed E-state index contributed by atoms with van der Waals surface area (Å²) < 4.78 is 11.3. The summed E-state index contributed by atoms with van der Waals surface area (Å²) in [5, 5.41) is 3.06. The van der Waals surface area contributed by atoms with Crippen LogP contribution in [0.25, 0.3) is 0 Å². The van der Waals surface area contributed by atoms with Crippen molar-refractivity contribution in [3.05, 3.63) is 18.2 Å². The highest BCUT2D eigenvalue weighted by Crippen LogP contribution is 2.38. The fourth-order valence-corrected chi connectivity index (χ4v) is 4.51. The van der Waals surface area contributed by atoms with Gasteiger partial charge in [-0.2, -0.15) is 0 Å². The molecule has 1 saturated heterocycles. The van der Waals surface area contributed by atoms with Crippen molar-refractivity contribution >= 4 is 11.7 Å². The summed E-state index contributed by atoms with van der Waals surface area (Å²) in [6.45, 7) is 1.93. The van der Waals surface area contributed by atoms with Gasteiger partial charge >= 0.3 is 6.03 Å². The lowest BCUT2D eigenvalue weighted by Crippen LogP contribution is -2.40. The molecule has 0 aromatic heterocycles. The molecular weight excluding hydrogens is 316 g/mol. The molecule has 0 radical (unpaired) electrons. The molecule has 1 N–H and O–H groups in total. The van der Waals surface area contributed by atoms with Crippen LogP contribution in [0.2, 0.25) is 0 Å². The number of benzene rings is 1. The van der Waals surface area contributed by atoms with Crippen molar-refractivity contribution in [1.29, 1.82) is 0 Å². The van der Waals surface area contributed by atoms with Crippen LogP contribution in [0.1, 0.15) is 51.4 Å². The average Bonchev–Trinajstić information content (AvgIpc) is 3.11. The van der Waals surface area contributed by atoms with Crippen molar-refractivity contribution in [2.45, 2.75) is 57.4 Å². The van der Waals surface area contributed by atoms with Crippen LogP contribution >= 0.6 is 0 Å². The highest BCUT2D eigenvalue weighted by Gasteiger charge is 2.31. The topological polar surface area (TPSA) is 50.8 Å². The molecule has 0 bridgehead atoms. The Kier molecular flexibility index (Phi) is 4.99. The molecule has 2 amide bonds. The van der Waals surface area contributed by atoms with E-state index in [1.807, 2.05) is 23.1 Å². The van der Waals surface area contributed by atoms with E-state index in [0.717, 1.165) is 25.3 Å². The highest BCUT2D eigenvalue weighted by atomic mass is 16.6. The van der Waals surface area contributed by atoms with Crippen LogP contribution in [0.15, 0.2) is 18.2 Å². The predicted molar refractivity (Wildman–Crippen MR) is 97.4 cm³/mol. The molecule has 5 nitrogen and oxygen atoms in total. The number of fused-ring (bicyclic) bond motifs is 1. The molecule has 2 aliphatic heterocycles. The smallest absolute Gasteiger partial charge is 0.322 e. The van der Waals surface area contributed by atoms with Gasteiger partial charge in [0.25, 0.3) is 0 Å². The molecule has 0 spiro atoms. The van der Waals surface area contributed by atoms with Gasteiger partial charge < -0.3 is 19.7 Å². The average molecular weight is 344 g/mol. The van der Waals surface area contributed by atoms with Crippen molar-refractivity contribution in [2.24, 2.45) is 5.92 Å². The first-order valence-electron chi connectivity index (χ1n) is 9.77. The van der Waals surface area contributed by atoms with Crippen LogP contribution in [0.5, 0.6) is 11.5 Å². The quantitative estimate of drug-likeness (QED) is 0.883. The number of amides is 2. The Morgan fingerprint density at radius 2 is 1.92 bits per heavy atom. The molecule has 2 heterocycles. The Balaban J connectivity index is 1.41. The van der Waals surface area contributed by atoms with Gasteiger partial charge in [-0.1, -0.05) is 38.2 Å². The first-order valence-corrected chi connectivity index (χ1v) is 9.77. The summed E-state index contributed by atoms with van der Waals surface area (Å²) in [7, 11) is 0. The molecule has 4 rings (SSSR count). The maximum atomic E-state index is 12.9. The maximum absolute atomic E-state index is 12.9. The van der Waals surface area contributed by atoms with Gasteiger partial charge in [0.05, 0.1) is 5.69 Å². The minimum absolute atomic E-state index is 0.000818. The van der Waals surface area contributed by atoms with E-state index in [1.165, 1.54) is 38.5 Å². The Bertz CT molecular complexity index is 613. The largest absolute Gasteiger partial charge is 0.486 e. The van der Waals surface area contributed by atoms with Crippen LogP contribution in [-0.2, 0) is 0 Å². The number of ether oxygens (including phenoxy) is 2. The summed E-state index contributed by atoms with van der Waals surface area (Å²) in [5.74, 6) is 2.17. The lowest BCUT2D eigenvalue weighted by atomic mass is 9.84. The van der Waals surface area contributed by atoms with Gasteiger partial charge in [0.1, 0.15) is 13.2 Å². The maximum Gasteiger partial charge on any atom is 0.322 e. The second-order valence-electron chi connectivity index (χ2n) is 7.49. The van der Waals surface area contributed by atoms with Gasteiger partial charge in [0.15, 0.2) is 11.5 Å². The Morgan fingerprint density at radius 1 is 1.08 bits per heavy atom. The fraction of sp³-hybridized carbons (Fsp3) is 0.650. The number of hydrogen-bond donors (Lipinski definition) is 1. The van der Waals surface area contributed by atoms with Crippen molar-refractivity contribution < 1.29 is 14.3 Å². The number of likely N-dealkylation sites (tertiary alicyclic amines) is 1. The zero-order valence-corrected chi connectivity index (χ0v) is 14.8. The van der Waals surface area contributed by atoms with Crippen LogP contribution in [0.3, 0.4) is 0 Å². The lowest BCUT2D eigenvalue weighted by Gasteiger charge is -2.30. The Morgan fingerprint density at radius 3 is 2.80 bits per heavy atom. The number of carbonyl (C=O) groups excluding carboxylic acids is 1. The minimum Gasteiger partial charge on any atom is -0.486 e. The van der Waals surface area contributed by atoms with Crippen LogP contribution in [-0.4, -0.2) is 36.7 Å². The molecule has 1 aromatic rings. The molecule has 2 fully saturated rings. The first-order chi connectivity index (χ1) is 12.3. The second kappa shape index (κ2) is 7.54. The van der Waals surface area contributed by atoms with E-state index in [0.29, 0.717) is 36.4 Å². The third-order valence-corrected chi connectivity index (χ3v) is 5.78. The van der Waals surface area contributed by atoms with Gasteiger partial charge in [-0.3, -0.25) is 0 Å². The third kappa shape index (κ3) is 3.70. The third-order valence-electron chi connectivity index (χ3n) is 5.78. The van der Waals surface area contributed by atoms with Crippen molar-refractivity contribution in [3.63, 3.8) is 0 Å². The van der Waals surface area contributed by atoms with Gasteiger partial charge in [-0.25, -0.2) is 4.79 Å². The molecule has 1 saturated carbocycles. The van der Waals surface area contributed by atoms with Gasteiger partial charge in [0, 0.05) is 12.6 Å². The molecule has 1 aromatic carbocycles. The van der Waals surface area contributed by atoms with E-state index < -0.39 is 0 Å². The molecule has 5 heteroatoms. The van der Waals surface area contributed by atoms with E-state index in [2.05, 4.69) is 5.32 Å². The van der Waals surface area contributed by atoms with E-state index in [9.17, 15) is 4.79 Å². The van der Waals surface area contributed by atoms with E-state index >= 15 is 0 Å². The van der Waals surface area contributed by atoms with Crippen molar-refractivity contribution in [2.75, 3.05) is 25.1 Å². The lowest BCUT2D eigenvalue weighted by molar-refractivity contribution is 0.172. The van der Waals surface area contributed by atoms with Gasteiger partial charge in [-0.15, -0.1) is 0 Å². The van der Waals surface area contributed by atoms with Gasteiger partial charge in [-0.05, 0) is 37.3 Å². The summed E-state index contributed by atoms with van der Waals surface area (Å²) >= 11 is 0. The van der Waals surface area contributed by atoms with E-state index in [4.69, 9.17) is 9.47 Å². The molecule has 0 unspecified atom stereocenters. The Hall–Kier alpha value is -1.91. The molecule has 1 aliphatic carbocycles. The summed E-state index contributed by atoms with van der Waals surface area (Å²) in [5.41, 5.74) is 0.713. The monoisotopic (exact) mass is 344 g/mol. The SMILES string of the molecule is O=C(Nc1cccc2c1OCCO2)N1CCC[C@H]1CC1CCCCC1. The number of carbonyl (C=O) groups is 1. The summed E-state index contributed by atoms with van der Waals surface area (Å²) in [4.78, 5) is 14.9. The number of nitrogens with zero attached hydrogens (tertiary/aromatic N) is 1. The number of urea groups is 1. The predicted octanol–water partition coefficient (Wildman–Crippen LogP) is 4.42. The fourth-order valence-electron chi connectivity index (χ4n) is 4.51. The summed E-state index contributed by atoms with van der Waals surface area (Å²) in [6.07, 6.45) is 10.2. The van der Waals surface area contributed by atoms with Crippen molar-refractivity contribution in [1.82, 2.24) is 4.90 Å². The second-order valence-corrected chi connectivity index (χ2v) is 7.49. The van der Waals surface area contributed by atoms with Crippen LogP contribution < -0.4 is 14.8 Å². The molecule has 136 valence electrons. The normalized spacial score (nSPS) is 23.5. The zero-order valence-electron chi connectivity index (χ0n) is 14.8. The molecular formula is C20H28N2O3. The number of nitrogens with one attached hydrogen (secondary N) is 1. The van der Waals surface area contributed by atoms with Crippen molar-refractivity contribution in [3.8, 4) is 11.5 Å².